The van der Waals surface area contributed by atoms with Crippen LogP contribution < -0.4 is 0 Å². The highest BCUT2D eigenvalue weighted by atomic mass is 15.2. The fourth-order valence-corrected chi connectivity index (χ4v) is 3.70. The highest BCUT2D eigenvalue weighted by Gasteiger charge is 2.29. The van der Waals surface area contributed by atoms with Crippen molar-refractivity contribution in [2.24, 2.45) is 0 Å². The highest BCUT2D eigenvalue weighted by Crippen LogP contribution is 2.37. The van der Waals surface area contributed by atoms with Crippen molar-refractivity contribution in [2.75, 3.05) is 6.54 Å². The first-order valence-electron chi connectivity index (χ1n) is 7.30. The van der Waals surface area contributed by atoms with Gasteiger partial charge in [0.25, 0.3) is 0 Å². The zero-order valence-corrected chi connectivity index (χ0v) is 11.2. The Morgan fingerprint density at radius 1 is 0.789 bits per heavy atom. The van der Waals surface area contributed by atoms with Crippen LogP contribution in [0.25, 0.3) is 0 Å². The smallest absolute Gasteiger partial charge is 0.0357 e. The first kappa shape index (κ1) is 11.2. The molecule has 2 aromatic rings. The summed E-state index contributed by atoms with van der Waals surface area (Å²) in [4.78, 5) is 2.67. The second-order valence-electron chi connectivity index (χ2n) is 5.74. The first-order valence-corrected chi connectivity index (χ1v) is 7.30. The molecule has 4 rings (SSSR count). The summed E-state index contributed by atoms with van der Waals surface area (Å²) in [6.45, 7) is 2.32. The van der Waals surface area contributed by atoms with E-state index in [0.717, 1.165) is 6.54 Å². The van der Waals surface area contributed by atoms with Gasteiger partial charge in [-0.15, -0.1) is 0 Å². The third-order valence-corrected chi connectivity index (χ3v) is 4.70. The van der Waals surface area contributed by atoms with Crippen molar-refractivity contribution in [3.05, 3.63) is 70.8 Å². The zero-order chi connectivity index (χ0) is 12.7. The van der Waals surface area contributed by atoms with Gasteiger partial charge in [0.1, 0.15) is 0 Å². The average Bonchev–Trinajstić information content (AvgIpc) is 2.91. The van der Waals surface area contributed by atoms with Gasteiger partial charge in [-0.2, -0.15) is 0 Å². The molecule has 0 bridgehead atoms. The van der Waals surface area contributed by atoms with Crippen LogP contribution in [0.1, 0.15) is 34.7 Å². The van der Waals surface area contributed by atoms with Crippen LogP contribution in [0.15, 0.2) is 48.5 Å². The summed E-state index contributed by atoms with van der Waals surface area (Å²) >= 11 is 0. The van der Waals surface area contributed by atoms with E-state index in [9.17, 15) is 0 Å². The molecule has 0 amide bonds. The van der Waals surface area contributed by atoms with Gasteiger partial charge >= 0.3 is 0 Å². The molecule has 2 aromatic carbocycles. The minimum Gasteiger partial charge on any atom is -0.292 e. The van der Waals surface area contributed by atoms with Crippen molar-refractivity contribution in [2.45, 2.75) is 31.8 Å². The first-order chi connectivity index (χ1) is 9.42. The number of hydrogen-bond acceptors (Lipinski definition) is 1. The molecule has 0 saturated carbocycles. The molecule has 1 atom stereocenters. The number of fused-ring (bicyclic) bond motifs is 2. The molecule has 1 aliphatic carbocycles. The summed E-state index contributed by atoms with van der Waals surface area (Å²) in [5.74, 6) is 0. The SMILES string of the molecule is c1ccc2c(c1)CCN(C1CCc3ccccc31)C2. The van der Waals surface area contributed by atoms with Gasteiger partial charge in [-0.1, -0.05) is 48.5 Å². The van der Waals surface area contributed by atoms with E-state index in [0.29, 0.717) is 6.04 Å². The molecule has 1 nitrogen and oxygen atoms in total. The van der Waals surface area contributed by atoms with Crippen LogP contribution >= 0.6 is 0 Å². The molecular weight excluding hydrogens is 230 g/mol. The Bertz CT molecular complexity index is 602. The Balaban J connectivity index is 1.63. The Labute approximate surface area is 114 Å². The molecule has 1 heteroatoms. The molecule has 1 aliphatic heterocycles. The molecule has 96 valence electrons. The monoisotopic (exact) mass is 249 g/mol. The fourth-order valence-electron chi connectivity index (χ4n) is 3.70. The van der Waals surface area contributed by atoms with E-state index in [-0.39, 0.29) is 0 Å². The third kappa shape index (κ3) is 1.89. The summed E-state index contributed by atoms with van der Waals surface area (Å²) in [5, 5.41) is 0. The summed E-state index contributed by atoms with van der Waals surface area (Å²) in [6.07, 6.45) is 3.75. The molecule has 2 aliphatic rings. The van der Waals surface area contributed by atoms with E-state index in [1.807, 2.05) is 0 Å². The molecule has 1 heterocycles. The van der Waals surface area contributed by atoms with Crippen LogP contribution in [-0.4, -0.2) is 11.4 Å². The topological polar surface area (TPSA) is 3.24 Å². The van der Waals surface area contributed by atoms with E-state index in [1.54, 1.807) is 16.7 Å². The van der Waals surface area contributed by atoms with Crippen LogP contribution in [0.3, 0.4) is 0 Å². The van der Waals surface area contributed by atoms with Crippen LogP contribution in [0.2, 0.25) is 0 Å². The van der Waals surface area contributed by atoms with Gasteiger partial charge in [0, 0.05) is 19.1 Å². The lowest BCUT2D eigenvalue weighted by molar-refractivity contribution is 0.179. The van der Waals surface area contributed by atoms with Crippen molar-refractivity contribution in [1.82, 2.24) is 4.90 Å². The van der Waals surface area contributed by atoms with Gasteiger partial charge in [0.2, 0.25) is 0 Å². The fraction of sp³-hybridized carbons (Fsp3) is 0.333. The maximum atomic E-state index is 2.67. The standard InChI is InChI=1S/C18H19N/c1-2-7-16-13-19(12-11-14(16)5-1)18-10-9-15-6-3-4-8-17(15)18/h1-8,18H,9-13H2. The second-order valence-corrected chi connectivity index (χ2v) is 5.74. The van der Waals surface area contributed by atoms with Gasteiger partial charge in [-0.05, 0) is 41.5 Å². The number of hydrogen-bond donors (Lipinski definition) is 0. The molecule has 1 unspecified atom stereocenters. The van der Waals surface area contributed by atoms with Crippen molar-refractivity contribution >= 4 is 0 Å². The zero-order valence-electron chi connectivity index (χ0n) is 11.2. The van der Waals surface area contributed by atoms with Crippen LogP contribution in [0, 0.1) is 0 Å². The Hall–Kier alpha value is -1.60. The summed E-state index contributed by atoms with van der Waals surface area (Å²) in [6, 6.07) is 18.6. The lowest BCUT2D eigenvalue weighted by Gasteiger charge is -2.34. The van der Waals surface area contributed by atoms with Gasteiger partial charge in [-0.3, -0.25) is 4.90 Å². The lowest BCUT2D eigenvalue weighted by atomic mass is 9.97. The van der Waals surface area contributed by atoms with E-state index in [4.69, 9.17) is 0 Å². The Morgan fingerprint density at radius 2 is 1.53 bits per heavy atom. The van der Waals surface area contributed by atoms with Crippen LogP contribution in [0.4, 0.5) is 0 Å². The Kier molecular flexibility index (Phi) is 2.66. The largest absolute Gasteiger partial charge is 0.292 e. The number of aryl methyl sites for hydroxylation is 1. The Morgan fingerprint density at radius 3 is 2.42 bits per heavy atom. The molecule has 0 saturated heterocycles. The normalized spacial score (nSPS) is 22.0. The summed E-state index contributed by atoms with van der Waals surface area (Å²) in [5.41, 5.74) is 6.21. The van der Waals surface area contributed by atoms with Crippen molar-refractivity contribution in [3.63, 3.8) is 0 Å². The highest BCUT2D eigenvalue weighted by molar-refractivity contribution is 5.36. The number of nitrogens with zero attached hydrogens (tertiary/aromatic N) is 1. The maximum absolute atomic E-state index is 2.67. The maximum Gasteiger partial charge on any atom is 0.0357 e. The van der Waals surface area contributed by atoms with E-state index < -0.39 is 0 Å². The minimum absolute atomic E-state index is 0.643. The molecule has 19 heavy (non-hydrogen) atoms. The number of rotatable bonds is 1. The molecule has 0 N–H and O–H groups in total. The van der Waals surface area contributed by atoms with Gasteiger partial charge in [0.05, 0.1) is 0 Å². The summed E-state index contributed by atoms with van der Waals surface area (Å²) in [7, 11) is 0. The number of benzene rings is 2. The van der Waals surface area contributed by atoms with Gasteiger partial charge in [0.15, 0.2) is 0 Å². The van der Waals surface area contributed by atoms with Crippen molar-refractivity contribution in [3.8, 4) is 0 Å². The molecule has 0 fully saturated rings. The minimum atomic E-state index is 0.643. The molecular formula is C18H19N. The quantitative estimate of drug-likeness (QED) is 0.744. The average molecular weight is 249 g/mol. The molecule has 0 aromatic heterocycles. The van der Waals surface area contributed by atoms with Gasteiger partial charge < -0.3 is 0 Å². The van der Waals surface area contributed by atoms with Crippen molar-refractivity contribution in [1.29, 1.82) is 0 Å². The molecule has 0 spiro atoms. The van der Waals surface area contributed by atoms with E-state index in [2.05, 4.69) is 53.4 Å². The lowest BCUT2D eigenvalue weighted by Crippen LogP contribution is -2.33. The summed E-state index contributed by atoms with van der Waals surface area (Å²) < 4.78 is 0. The van der Waals surface area contributed by atoms with E-state index in [1.165, 1.54) is 31.4 Å². The molecule has 0 radical (unpaired) electrons. The van der Waals surface area contributed by atoms with Crippen LogP contribution in [0.5, 0.6) is 0 Å². The second kappa shape index (κ2) is 4.50. The predicted octanol–water partition coefficient (Wildman–Crippen LogP) is 3.73. The predicted molar refractivity (Wildman–Crippen MR) is 78.1 cm³/mol. The third-order valence-electron chi connectivity index (χ3n) is 4.70. The van der Waals surface area contributed by atoms with Crippen molar-refractivity contribution < 1.29 is 0 Å². The van der Waals surface area contributed by atoms with E-state index >= 15 is 0 Å². The van der Waals surface area contributed by atoms with Crippen LogP contribution in [-0.2, 0) is 19.4 Å². The van der Waals surface area contributed by atoms with Gasteiger partial charge in [-0.25, -0.2) is 0 Å².